The van der Waals surface area contributed by atoms with Gasteiger partial charge in [0.05, 0.1) is 0 Å². The fourth-order valence-electron chi connectivity index (χ4n) is 4.13. The van der Waals surface area contributed by atoms with Gasteiger partial charge in [-0.3, -0.25) is 4.79 Å². The molecule has 2 saturated heterocycles. The maximum atomic E-state index is 12.5. The summed E-state index contributed by atoms with van der Waals surface area (Å²) in [5.41, 5.74) is 1.09. The van der Waals surface area contributed by atoms with E-state index in [1.165, 1.54) is 12.8 Å². The van der Waals surface area contributed by atoms with Gasteiger partial charge in [0.25, 0.3) is 0 Å². The molecule has 1 saturated carbocycles. The van der Waals surface area contributed by atoms with E-state index < -0.39 is 0 Å². The predicted molar refractivity (Wildman–Crippen MR) is 88.4 cm³/mol. The number of nitrogens with one attached hydrogen (secondary N) is 2. The van der Waals surface area contributed by atoms with Crippen LogP contribution in [0.5, 0.6) is 0 Å². The fourth-order valence-corrected chi connectivity index (χ4v) is 4.67. The Morgan fingerprint density at radius 2 is 1.68 bits per heavy atom. The molecule has 1 amide bonds. The molecule has 4 atom stereocenters. The van der Waals surface area contributed by atoms with E-state index in [0.717, 1.165) is 24.8 Å². The zero-order valence-electron chi connectivity index (χ0n) is 12.3. The zero-order valence-corrected chi connectivity index (χ0v) is 13.8. The van der Waals surface area contributed by atoms with E-state index in [-0.39, 0.29) is 17.7 Å². The first-order valence-corrected chi connectivity index (χ1v) is 8.86. The molecule has 1 aromatic carbocycles. The van der Waals surface area contributed by atoms with Crippen molar-refractivity contribution in [3.05, 3.63) is 33.8 Å². The summed E-state index contributed by atoms with van der Waals surface area (Å²) in [6.45, 7) is 0. The highest BCUT2D eigenvalue weighted by atomic mass is 35.5. The molecular weight excluding hydrogens is 319 g/mol. The molecule has 4 unspecified atom stereocenters. The maximum absolute atomic E-state index is 12.5. The monoisotopic (exact) mass is 338 g/mol. The highest BCUT2D eigenvalue weighted by molar-refractivity contribution is 6.34. The van der Waals surface area contributed by atoms with Gasteiger partial charge < -0.3 is 10.6 Å². The van der Waals surface area contributed by atoms with Crippen LogP contribution in [0, 0.1) is 5.92 Å². The number of fused-ring (bicyclic) bond motifs is 2. The highest BCUT2D eigenvalue weighted by Crippen LogP contribution is 2.48. The van der Waals surface area contributed by atoms with Crippen LogP contribution in [0.15, 0.2) is 18.2 Å². The van der Waals surface area contributed by atoms with E-state index in [4.69, 9.17) is 23.2 Å². The minimum atomic E-state index is 0.0853. The Morgan fingerprint density at radius 1 is 1.05 bits per heavy atom. The first-order valence-electron chi connectivity index (χ1n) is 8.11. The van der Waals surface area contributed by atoms with Crippen LogP contribution in [-0.2, 0) is 4.79 Å². The first-order chi connectivity index (χ1) is 10.6. The lowest BCUT2D eigenvalue weighted by molar-refractivity contribution is -0.123. The van der Waals surface area contributed by atoms with Crippen LogP contribution in [-0.4, -0.2) is 24.0 Å². The van der Waals surface area contributed by atoms with Crippen LogP contribution in [0.2, 0.25) is 10.0 Å². The van der Waals surface area contributed by atoms with Gasteiger partial charge in [-0.05, 0) is 61.8 Å². The van der Waals surface area contributed by atoms with Gasteiger partial charge in [0.2, 0.25) is 5.91 Å². The second-order valence-corrected chi connectivity index (χ2v) is 7.84. The lowest BCUT2D eigenvalue weighted by Gasteiger charge is -2.29. The summed E-state index contributed by atoms with van der Waals surface area (Å²) in [5, 5.41) is 8.15. The normalized spacial score (nSPS) is 36.2. The van der Waals surface area contributed by atoms with Crippen molar-refractivity contribution in [2.45, 2.75) is 56.1 Å². The lowest BCUT2D eigenvalue weighted by Crippen LogP contribution is -2.48. The van der Waals surface area contributed by atoms with Gasteiger partial charge in [-0.1, -0.05) is 23.2 Å². The number of carbonyl (C=O) groups is 1. The third kappa shape index (κ3) is 2.99. The second kappa shape index (κ2) is 5.70. The molecule has 5 heteroatoms. The van der Waals surface area contributed by atoms with Crippen molar-refractivity contribution in [1.82, 2.24) is 10.6 Å². The summed E-state index contributed by atoms with van der Waals surface area (Å²) in [6, 6.07) is 7.13. The summed E-state index contributed by atoms with van der Waals surface area (Å²) >= 11 is 12.1. The largest absolute Gasteiger partial charge is 0.353 e. The molecule has 0 radical (unpaired) electrons. The van der Waals surface area contributed by atoms with Gasteiger partial charge >= 0.3 is 0 Å². The Kier molecular flexibility index (Phi) is 3.83. The summed E-state index contributed by atoms with van der Waals surface area (Å²) in [7, 11) is 0. The summed E-state index contributed by atoms with van der Waals surface area (Å²) < 4.78 is 0. The van der Waals surface area contributed by atoms with Crippen LogP contribution in [0.3, 0.4) is 0 Å². The Bertz CT molecular complexity index is 574. The van der Waals surface area contributed by atoms with Crippen molar-refractivity contribution in [1.29, 1.82) is 0 Å². The average Bonchev–Trinajstić information content (AvgIpc) is 3.18. The lowest BCUT2D eigenvalue weighted by atomic mass is 9.99. The number of rotatable bonds is 3. The molecule has 1 aromatic rings. The maximum Gasteiger partial charge on any atom is 0.223 e. The van der Waals surface area contributed by atoms with Gasteiger partial charge in [0.1, 0.15) is 0 Å². The smallest absolute Gasteiger partial charge is 0.223 e. The molecule has 2 heterocycles. The van der Waals surface area contributed by atoms with Crippen molar-refractivity contribution < 1.29 is 4.79 Å². The van der Waals surface area contributed by atoms with E-state index in [0.29, 0.717) is 28.2 Å². The van der Waals surface area contributed by atoms with Crippen LogP contribution < -0.4 is 10.6 Å². The third-order valence-corrected chi connectivity index (χ3v) is 5.70. The minimum Gasteiger partial charge on any atom is -0.353 e. The molecule has 3 fully saturated rings. The number of hydrogen-bond donors (Lipinski definition) is 2. The first kappa shape index (κ1) is 14.8. The van der Waals surface area contributed by atoms with Crippen molar-refractivity contribution in [2.24, 2.45) is 5.92 Å². The predicted octanol–water partition coefficient (Wildman–Crippen LogP) is 3.50. The van der Waals surface area contributed by atoms with E-state index in [1.807, 2.05) is 12.1 Å². The summed E-state index contributed by atoms with van der Waals surface area (Å²) in [6.07, 6.45) is 5.56. The number of carbonyl (C=O) groups excluding carboxylic acids is 1. The van der Waals surface area contributed by atoms with E-state index >= 15 is 0 Å². The van der Waals surface area contributed by atoms with Crippen LogP contribution in [0.4, 0.5) is 0 Å². The molecule has 1 aliphatic carbocycles. The van der Waals surface area contributed by atoms with Crippen LogP contribution in [0.1, 0.15) is 43.6 Å². The third-order valence-electron chi connectivity index (χ3n) is 5.26. The Balaban J connectivity index is 1.36. The topological polar surface area (TPSA) is 41.1 Å². The van der Waals surface area contributed by atoms with Gasteiger partial charge in [-0.15, -0.1) is 0 Å². The number of amides is 1. The molecule has 2 aliphatic heterocycles. The number of piperidine rings is 1. The fraction of sp³-hybridized carbons (Fsp3) is 0.588. The standard InChI is InChI=1S/C17H20Cl2N2O/c18-10-3-9(4-11(19)5-10)15-8-16(15)17(22)21-14-6-12-1-2-13(7-14)20-12/h3-5,12-16,20H,1-2,6-8H2,(H,21,22). The number of hydrogen-bond acceptors (Lipinski definition) is 2. The number of benzene rings is 1. The van der Waals surface area contributed by atoms with E-state index in [1.54, 1.807) is 6.07 Å². The molecule has 2 bridgehead atoms. The van der Waals surface area contributed by atoms with Crippen molar-refractivity contribution in [3.8, 4) is 0 Å². The molecule has 3 nitrogen and oxygen atoms in total. The highest BCUT2D eigenvalue weighted by Gasteiger charge is 2.45. The Labute approximate surface area is 140 Å². The Hall–Kier alpha value is -0.770. The van der Waals surface area contributed by atoms with Crippen molar-refractivity contribution in [2.75, 3.05) is 0 Å². The molecule has 3 aliphatic rings. The Morgan fingerprint density at radius 3 is 2.32 bits per heavy atom. The quantitative estimate of drug-likeness (QED) is 0.885. The van der Waals surface area contributed by atoms with Gasteiger partial charge in [-0.25, -0.2) is 0 Å². The molecule has 0 aromatic heterocycles. The average molecular weight is 339 g/mol. The second-order valence-electron chi connectivity index (χ2n) is 6.97. The van der Waals surface area contributed by atoms with Crippen LogP contribution in [0.25, 0.3) is 0 Å². The SMILES string of the molecule is O=C(NC1CC2CCC(C1)N2)C1CC1c1cc(Cl)cc(Cl)c1. The van der Waals surface area contributed by atoms with E-state index in [2.05, 4.69) is 10.6 Å². The van der Waals surface area contributed by atoms with Crippen molar-refractivity contribution in [3.63, 3.8) is 0 Å². The molecule has 22 heavy (non-hydrogen) atoms. The molecule has 2 N–H and O–H groups in total. The van der Waals surface area contributed by atoms with Crippen LogP contribution >= 0.6 is 23.2 Å². The number of halogens is 2. The minimum absolute atomic E-state index is 0.0853. The zero-order chi connectivity index (χ0) is 15.3. The molecule has 0 spiro atoms. The van der Waals surface area contributed by atoms with Gasteiger partial charge in [0.15, 0.2) is 0 Å². The van der Waals surface area contributed by atoms with Gasteiger partial charge in [-0.2, -0.15) is 0 Å². The summed E-state index contributed by atoms with van der Waals surface area (Å²) in [5.74, 6) is 0.559. The van der Waals surface area contributed by atoms with Crippen molar-refractivity contribution >= 4 is 29.1 Å². The van der Waals surface area contributed by atoms with E-state index in [9.17, 15) is 4.79 Å². The molecule has 4 rings (SSSR count). The molecular formula is C17H20Cl2N2O. The summed E-state index contributed by atoms with van der Waals surface area (Å²) in [4.78, 5) is 12.5. The van der Waals surface area contributed by atoms with Gasteiger partial charge in [0, 0.05) is 34.1 Å². The molecule has 118 valence electrons.